The number of hydrogen-bond acceptors (Lipinski definition) is 4. The number of para-hydroxylation sites is 1. The summed E-state index contributed by atoms with van der Waals surface area (Å²) in [6, 6.07) is 8.54. The quantitative estimate of drug-likeness (QED) is 0.351. The van der Waals surface area contributed by atoms with Crippen LogP contribution >= 0.6 is 24.0 Å². The second-order valence-electron chi connectivity index (χ2n) is 7.88. The van der Waals surface area contributed by atoms with Crippen LogP contribution in [0.1, 0.15) is 68.0 Å². The third kappa shape index (κ3) is 4.87. The molecule has 1 aliphatic carbocycles. The maximum absolute atomic E-state index is 6.47. The fourth-order valence-corrected chi connectivity index (χ4v) is 4.31. The predicted molar refractivity (Wildman–Crippen MR) is 125 cm³/mol. The molecule has 6 nitrogen and oxygen atoms in total. The summed E-state index contributed by atoms with van der Waals surface area (Å²) < 4.78 is 12.1. The van der Waals surface area contributed by atoms with Crippen LogP contribution in [0, 0.1) is 13.8 Å². The Morgan fingerprint density at radius 3 is 2.69 bits per heavy atom. The average molecular weight is 510 g/mol. The van der Waals surface area contributed by atoms with Crippen molar-refractivity contribution in [2.45, 2.75) is 71.1 Å². The molecule has 1 spiro atoms. The molecule has 7 heteroatoms. The largest absolute Gasteiger partial charge is 0.487 e. The topological polar surface area (TPSA) is 71.7 Å². The molecule has 1 aromatic heterocycles. The Balaban J connectivity index is 0.00000240. The first kappa shape index (κ1) is 21.9. The van der Waals surface area contributed by atoms with Gasteiger partial charge < -0.3 is 19.8 Å². The molecule has 2 aliphatic rings. The van der Waals surface area contributed by atoms with Gasteiger partial charge in [0, 0.05) is 18.5 Å². The SMILES string of the molecule is CCNC(=NCc1nc(C)c(C)o1)NC1CC2(CCCC2)Oc2ccccc21.I. The zero-order valence-electron chi connectivity index (χ0n) is 17.5. The van der Waals surface area contributed by atoms with E-state index >= 15 is 0 Å². The van der Waals surface area contributed by atoms with E-state index < -0.39 is 0 Å². The molecule has 1 atom stereocenters. The molecular weight excluding hydrogens is 479 g/mol. The minimum atomic E-state index is -0.0415. The highest BCUT2D eigenvalue weighted by atomic mass is 127. The Hall–Kier alpha value is -1.77. The zero-order valence-corrected chi connectivity index (χ0v) is 19.8. The van der Waals surface area contributed by atoms with Gasteiger partial charge in [-0.3, -0.25) is 0 Å². The predicted octanol–water partition coefficient (Wildman–Crippen LogP) is 4.80. The number of benzene rings is 1. The number of nitrogens with zero attached hydrogens (tertiary/aromatic N) is 2. The summed E-state index contributed by atoms with van der Waals surface area (Å²) in [6.45, 7) is 7.17. The molecule has 0 bridgehead atoms. The molecule has 1 fully saturated rings. The lowest BCUT2D eigenvalue weighted by Crippen LogP contribution is -2.46. The van der Waals surface area contributed by atoms with Crippen LogP contribution in [0.3, 0.4) is 0 Å². The molecule has 1 aromatic carbocycles. The lowest BCUT2D eigenvalue weighted by molar-refractivity contribution is 0.0396. The Morgan fingerprint density at radius 2 is 2.00 bits per heavy atom. The maximum Gasteiger partial charge on any atom is 0.216 e. The minimum absolute atomic E-state index is 0. The van der Waals surface area contributed by atoms with Crippen molar-refractivity contribution in [1.29, 1.82) is 0 Å². The molecule has 1 saturated carbocycles. The highest BCUT2D eigenvalue weighted by molar-refractivity contribution is 14.0. The number of guanidine groups is 1. The smallest absolute Gasteiger partial charge is 0.216 e. The highest BCUT2D eigenvalue weighted by Gasteiger charge is 2.43. The summed E-state index contributed by atoms with van der Waals surface area (Å²) in [4.78, 5) is 9.15. The van der Waals surface area contributed by atoms with E-state index in [1.165, 1.54) is 18.4 Å². The number of aryl methyl sites for hydroxylation is 2. The highest BCUT2D eigenvalue weighted by Crippen LogP contribution is 2.46. The van der Waals surface area contributed by atoms with Gasteiger partial charge in [-0.05, 0) is 52.5 Å². The van der Waals surface area contributed by atoms with Gasteiger partial charge in [-0.15, -0.1) is 24.0 Å². The van der Waals surface area contributed by atoms with Gasteiger partial charge >= 0.3 is 0 Å². The van der Waals surface area contributed by atoms with Crippen molar-refractivity contribution in [2.75, 3.05) is 6.54 Å². The van der Waals surface area contributed by atoms with E-state index in [4.69, 9.17) is 14.1 Å². The minimum Gasteiger partial charge on any atom is -0.487 e. The van der Waals surface area contributed by atoms with Crippen LogP contribution < -0.4 is 15.4 Å². The van der Waals surface area contributed by atoms with Crippen LogP contribution in [0.5, 0.6) is 5.75 Å². The first-order valence-corrected chi connectivity index (χ1v) is 10.3. The van der Waals surface area contributed by atoms with Crippen molar-refractivity contribution in [3.8, 4) is 5.75 Å². The van der Waals surface area contributed by atoms with E-state index in [9.17, 15) is 0 Å². The van der Waals surface area contributed by atoms with Crippen molar-refractivity contribution < 1.29 is 9.15 Å². The maximum atomic E-state index is 6.47. The third-order valence-electron chi connectivity index (χ3n) is 5.81. The molecule has 0 radical (unpaired) electrons. The van der Waals surface area contributed by atoms with Gasteiger partial charge in [-0.25, -0.2) is 9.98 Å². The van der Waals surface area contributed by atoms with Crippen LogP contribution in [0.15, 0.2) is 33.7 Å². The summed E-state index contributed by atoms with van der Waals surface area (Å²) in [5.41, 5.74) is 2.08. The lowest BCUT2D eigenvalue weighted by Gasteiger charge is -2.40. The number of aromatic nitrogens is 1. The monoisotopic (exact) mass is 510 g/mol. The molecule has 1 unspecified atom stereocenters. The number of aliphatic imine (C=N–C) groups is 1. The van der Waals surface area contributed by atoms with Gasteiger partial charge in [-0.1, -0.05) is 18.2 Å². The summed E-state index contributed by atoms with van der Waals surface area (Å²) in [6.07, 6.45) is 5.70. The standard InChI is InChI=1S/C22H30N4O2.HI/c1-4-23-21(24-14-20-25-15(2)16(3)27-20)26-18-13-22(11-7-8-12-22)28-19-10-6-5-9-17(18)19;/h5-6,9-10,18H,4,7-8,11-14H2,1-3H3,(H2,23,24,26);1H. The van der Waals surface area contributed by atoms with E-state index in [0.717, 1.165) is 49.0 Å². The molecule has 1 aliphatic heterocycles. The van der Waals surface area contributed by atoms with Gasteiger partial charge in [0.1, 0.15) is 23.7 Å². The van der Waals surface area contributed by atoms with Crippen LogP contribution in [-0.2, 0) is 6.54 Å². The first-order chi connectivity index (χ1) is 13.6. The van der Waals surface area contributed by atoms with E-state index in [1.54, 1.807) is 0 Å². The Morgan fingerprint density at radius 1 is 1.24 bits per heavy atom. The van der Waals surface area contributed by atoms with Gasteiger partial charge in [-0.2, -0.15) is 0 Å². The number of halogens is 1. The summed E-state index contributed by atoms with van der Waals surface area (Å²) >= 11 is 0. The molecule has 2 N–H and O–H groups in total. The third-order valence-corrected chi connectivity index (χ3v) is 5.81. The number of fused-ring (bicyclic) bond motifs is 1. The summed E-state index contributed by atoms with van der Waals surface area (Å²) in [5, 5.41) is 7.01. The van der Waals surface area contributed by atoms with E-state index in [2.05, 4.69) is 46.8 Å². The van der Waals surface area contributed by atoms with Gasteiger partial charge in [0.15, 0.2) is 5.96 Å². The van der Waals surface area contributed by atoms with Crippen LogP contribution in [0.4, 0.5) is 0 Å². The Labute approximate surface area is 189 Å². The fraction of sp³-hybridized carbons (Fsp3) is 0.545. The van der Waals surface area contributed by atoms with Gasteiger partial charge in [0.2, 0.25) is 5.89 Å². The molecule has 29 heavy (non-hydrogen) atoms. The Kier molecular flexibility index (Phi) is 7.08. The van der Waals surface area contributed by atoms with Crippen LogP contribution in [0.25, 0.3) is 0 Å². The second kappa shape index (κ2) is 9.36. The molecule has 2 aromatic rings. The lowest BCUT2D eigenvalue weighted by atomic mass is 9.86. The molecular formula is C22H31IN4O2. The van der Waals surface area contributed by atoms with Crippen LogP contribution in [-0.4, -0.2) is 23.1 Å². The van der Waals surface area contributed by atoms with Crippen molar-refractivity contribution >= 4 is 29.9 Å². The summed E-state index contributed by atoms with van der Waals surface area (Å²) in [5.74, 6) is 3.28. The van der Waals surface area contributed by atoms with Crippen molar-refractivity contribution in [1.82, 2.24) is 15.6 Å². The number of ether oxygens (including phenoxy) is 1. The number of rotatable bonds is 4. The van der Waals surface area contributed by atoms with Gasteiger partial charge in [0.25, 0.3) is 0 Å². The van der Waals surface area contributed by atoms with Crippen LogP contribution in [0.2, 0.25) is 0 Å². The molecule has 158 valence electrons. The van der Waals surface area contributed by atoms with Crippen molar-refractivity contribution in [3.63, 3.8) is 0 Å². The average Bonchev–Trinajstić information content (AvgIpc) is 3.26. The number of nitrogens with one attached hydrogen (secondary N) is 2. The Bertz CT molecular complexity index is 839. The van der Waals surface area contributed by atoms with E-state index in [-0.39, 0.29) is 35.6 Å². The molecule has 4 rings (SSSR count). The second-order valence-corrected chi connectivity index (χ2v) is 7.88. The first-order valence-electron chi connectivity index (χ1n) is 10.3. The molecule has 0 amide bonds. The fourth-order valence-electron chi connectivity index (χ4n) is 4.31. The summed E-state index contributed by atoms with van der Waals surface area (Å²) in [7, 11) is 0. The molecule has 0 saturated heterocycles. The van der Waals surface area contributed by atoms with Crippen molar-refractivity contribution in [3.05, 3.63) is 47.2 Å². The van der Waals surface area contributed by atoms with E-state index in [0.29, 0.717) is 12.4 Å². The van der Waals surface area contributed by atoms with Gasteiger partial charge in [0.05, 0.1) is 11.7 Å². The van der Waals surface area contributed by atoms with Crippen molar-refractivity contribution in [2.24, 2.45) is 4.99 Å². The zero-order chi connectivity index (χ0) is 19.6. The normalized spacial score (nSPS) is 20.0. The number of hydrogen-bond donors (Lipinski definition) is 2. The number of oxazole rings is 1. The molecule has 2 heterocycles. The van der Waals surface area contributed by atoms with E-state index in [1.807, 2.05) is 13.8 Å².